The molecular weight excluding hydrogens is 401 g/mol. The number of nitriles is 1. The molecule has 0 N–H and O–H groups in total. The van der Waals surface area contributed by atoms with Crippen molar-refractivity contribution in [3.8, 4) is 11.8 Å². The van der Waals surface area contributed by atoms with Gasteiger partial charge in [-0.2, -0.15) is 5.26 Å². The van der Waals surface area contributed by atoms with E-state index in [4.69, 9.17) is 16.3 Å². The van der Waals surface area contributed by atoms with Crippen LogP contribution in [0.2, 0.25) is 5.02 Å². The van der Waals surface area contributed by atoms with E-state index in [1.165, 1.54) is 30.3 Å². The first kappa shape index (κ1) is 18.0. The van der Waals surface area contributed by atoms with Crippen LogP contribution in [-0.2, 0) is 4.79 Å². The predicted octanol–water partition coefficient (Wildman–Crippen LogP) is 3.43. The molecule has 0 aliphatic carbocycles. The lowest BCUT2D eigenvalue weighted by Gasteiger charge is -2.11. The Bertz CT molecular complexity index is 838. The van der Waals surface area contributed by atoms with E-state index in [1.54, 1.807) is 12.1 Å². The summed E-state index contributed by atoms with van der Waals surface area (Å²) in [6.45, 7) is -0.639. The van der Waals surface area contributed by atoms with E-state index < -0.39 is 18.4 Å². The van der Waals surface area contributed by atoms with Gasteiger partial charge >= 0.3 is 0 Å². The van der Waals surface area contributed by atoms with Crippen LogP contribution in [0.4, 0.5) is 4.39 Å². The maximum atomic E-state index is 13.3. The molecule has 7 heteroatoms. The molecule has 0 unspecified atom stereocenters. The molecule has 0 saturated heterocycles. The maximum Gasteiger partial charge on any atom is 0.152 e. The second kappa shape index (κ2) is 7.95. The van der Waals surface area contributed by atoms with Gasteiger partial charge in [0.05, 0.1) is 27.1 Å². The second-order valence-electron chi connectivity index (χ2n) is 4.65. The van der Waals surface area contributed by atoms with Crippen molar-refractivity contribution >= 4 is 45.1 Å². The first-order valence-corrected chi connectivity index (χ1v) is 7.77. The van der Waals surface area contributed by atoms with Gasteiger partial charge in [-0.3, -0.25) is 0 Å². The zero-order chi connectivity index (χ0) is 17.7. The van der Waals surface area contributed by atoms with Crippen molar-refractivity contribution in [1.82, 2.24) is 0 Å². The summed E-state index contributed by atoms with van der Waals surface area (Å²) in [5.41, 5.74) is 1.25. The van der Waals surface area contributed by atoms with Crippen molar-refractivity contribution < 1.29 is 19.0 Å². The molecule has 4 nitrogen and oxygen atoms in total. The Balaban J connectivity index is 2.38. The van der Waals surface area contributed by atoms with E-state index in [2.05, 4.69) is 15.9 Å². The molecular formula is C17H9BrClFNO3-. The van der Waals surface area contributed by atoms with Gasteiger partial charge in [0.1, 0.15) is 12.4 Å². The highest BCUT2D eigenvalue weighted by molar-refractivity contribution is 9.10. The predicted molar refractivity (Wildman–Crippen MR) is 89.5 cm³/mol. The Hall–Kier alpha value is -2.36. The molecule has 2 rings (SSSR count). The lowest BCUT2D eigenvalue weighted by molar-refractivity contribution is -0.307. The maximum absolute atomic E-state index is 13.3. The van der Waals surface area contributed by atoms with E-state index in [-0.39, 0.29) is 16.3 Å². The number of carboxylic acids is 1. The second-order valence-corrected chi connectivity index (χ2v) is 5.92. The molecule has 0 aromatic heterocycles. The number of benzene rings is 2. The summed E-state index contributed by atoms with van der Waals surface area (Å²) in [5.74, 6) is -1.67. The van der Waals surface area contributed by atoms with Crippen LogP contribution in [0.15, 0.2) is 40.9 Å². The Morgan fingerprint density at radius 2 is 2.17 bits per heavy atom. The summed E-state index contributed by atoms with van der Waals surface area (Å²) < 4.78 is 18.8. The summed E-state index contributed by atoms with van der Waals surface area (Å²) in [6, 6.07) is 10.8. The Labute approximate surface area is 150 Å². The fraction of sp³-hybridized carbons (Fsp3) is 0.0588. The van der Waals surface area contributed by atoms with Crippen LogP contribution < -0.4 is 9.84 Å². The molecule has 0 aliphatic heterocycles. The molecule has 0 fully saturated rings. The number of allylic oxidation sites excluding steroid dienone is 1. The molecule has 2 aromatic rings. The van der Waals surface area contributed by atoms with Crippen LogP contribution in [0.1, 0.15) is 11.1 Å². The average Bonchev–Trinajstić information content (AvgIpc) is 2.51. The van der Waals surface area contributed by atoms with Crippen molar-refractivity contribution in [2.45, 2.75) is 0 Å². The minimum absolute atomic E-state index is 0.155. The summed E-state index contributed by atoms with van der Waals surface area (Å²) in [5, 5.41) is 19.9. The number of carbonyl (C=O) groups excluding carboxylic acids is 1. The molecule has 0 bridgehead atoms. The minimum atomic E-state index is -1.38. The number of carboxylic acid groups (broad SMARTS) is 1. The number of halogens is 3. The smallest absolute Gasteiger partial charge is 0.152 e. The van der Waals surface area contributed by atoms with Gasteiger partial charge in [-0.1, -0.05) is 23.7 Å². The molecule has 0 heterocycles. The zero-order valence-electron chi connectivity index (χ0n) is 12.1. The molecule has 122 valence electrons. The monoisotopic (exact) mass is 408 g/mol. The largest absolute Gasteiger partial charge is 0.546 e. The third kappa shape index (κ3) is 4.57. The van der Waals surface area contributed by atoms with Gasteiger partial charge in [-0.25, -0.2) is 4.39 Å². The SMILES string of the molecule is N#C/C(=C/c1cc(Cl)c(OCC(=O)[O-])c(Br)c1)c1cccc(F)c1. The number of aliphatic carboxylic acids is 1. The number of ether oxygens (including phenoxy) is 1. The highest BCUT2D eigenvalue weighted by atomic mass is 79.9. The van der Waals surface area contributed by atoms with E-state index in [0.717, 1.165) is 0 Å². The van der Waals surface area contributed by atoms with Gasteiger partial charge in [0.15, 0.2) is 5.75 Å². The van der Waals surface area contributed by atoms with E-state index in [9.17, 15) is 19.6 Å². The number of carbonyl (C=O) groups is 1. The van der Waals surface area contributed by atoms with Crippen LogP contribution in [0, 0.1) is 17.1 Å². The zero-order valence-corrected chi connectivity index (χ0v) is 14.4. The van der Waals surface area contributed by atoms with Gasteiger partial charge < -0.3 is 14.6 Å². The fourth-order valence-corrected chi connectivity index (χ4v) is 2.92. The van der Waals surface area contributed by atoms with E-state index in [0.29, 0.717) is 15.6 Å². The standard InChI is InChI=1S/C17H10BrClFNO3/c18-14-5-10(6-15(19)17(14)24-9-16(22)23)4-12(8-21)11-2-1-3-13(20)7-11/h1-7H,9H2,(H,22,23)/p-1/b12-4-. The molecule has 24 heavy (non-hydrogen) atoms. The van der Waals surface area contributed by atoms with Crippen LogP contribution in [0.5, 0.6) is 5.75 Å². The average molecular weight is 410 g/mol. The number of nitrogens with zero attached hydrogens (tertiary/aromatic N) is 1. The van der Waals surface area contributed by atoms with Crippen molar-refractivity contribution in [1.29, 1.82) is 5.26 Å². The van der Waals surface area contributed by atoms with Gasteiger partial charge in [-0.05, 0) is 57.4 Å². The minimum Gasteiger partial charge on any atom is -0.546 e. The number of hydrogen-bond donors (Lipinski definition) is 0. The van der Waals surface area contributed by atoms with Gasteiger partial charge in [0, 0.05) is 0 Å². The lowest BCUT2D eigenvalue weighted by atomic mass is 10.0. The van der Waals surface area contributed by atoms with E-state index in [1.807, 2.05) is 6.07 Å². The quantitative estimate of drug-likeness (QED) is 0.560. The third-order valence-corrected chi connectivity index (χ3v) is 3.79. The summed E-state index contributed by atoms with van der Waals surface area (Å²) >= 11 is 9.31. The molecule has 0 saturated carbocycles. The van der Waals surface area contributed by atoms with Crippen molar-refractivity contribution in [3.63, 3.8) is 0 Å². The van der Waals surface area contributed by atoms with Gasteiger partial charge in [0.25, 0.3) is 0 Å². The lowest BCUT2D eigenvalue weighted by Crippen LogP contribution is -2.29. The van der Waals surface area contributed by atoms with Crippen LogP contribution >= 0.6 is 27.5 Å². The highest BCUT2D eigenvalue weighted by Crippen LogP contribution is 2.35. The highest BCUT2D eigenvalue weighted by Gasteiger charge is 2.10. The van der Waals surface area contributed by atoms with Crippen molar-refractivity contribution in [3.05, 3.63) is 62.8 Å². The summed E-state index contributed by atoms with van der Waals surface area (Å²) in [4.78, 5) is 10.5. The number of hydrogen-bond acceptors (Lipinski definition) is 4. The molecule has 0 atom stereocenters. The molecule has 0 spiro atoms. The molecule has 2 aromatic carbocycles. The Morgan fingerprint density at radius 3 is 2.75 bits per heavy atom. The van der Waals surface area contributed by atoms with Crippen molar-refractivity contribution in [2.75, 3.05) is 6.61 Å². The van der Waals surface area contributed by atoms with Crippen LogP contribution in [0.25, 0.3) is 11.6 Å². The van der Waals surface area contributed by atoms with Crippen molar-refractivity contribution in [2.24, 2.45) is 0 Å². The molecule has 0 radical (unpaired) electrons. The van der Waals surface area contributed by atoms with E-state index >= 15 is 0 Å². The molecule has 0 aliphatic rings. The van der Waals surface area contributed by atoms with Crippen LogP contribution in [-0.4, -0.2) is 12.6 Å². The van der Waals surface area contributed by atoms with Crippen LogP contribution in [0.3, 0.4) is 0 Å². The summed E-state index contributed by atoms with van der Waals surface area (Å²) in [7, 11) is 0. The van der Waals surface area contributed by atoms with Gasteiger partial charge in [0.2, 0.25) is 0 Å². The first-order chi connectivity index (χ1) is 11.4. The topological polar surface area (TPSA) is 73.1 Å². The first-order valence-electron chi connectivity index (χ1n) is 6.60. The Kier molecular flexibility index (Phi) is 5.96. The molecule has 0 amide bonds. The number of rotatable bonds is 5. The normalized spacial score (nSPS) is 11.0. The third-order valence-electron chi connectivity index (χ3n) is 2.92. The summed E-state index contributed by atoms with van der Waals surface area (Å²) in [6.07, 6.45) is 1.54. The Morgan fingerprint density at radius 1 is 1.42 bits per heavy atom. The van der Waals surface area contributed by atoms with Gasteiger partial charge in [-0.15, -0.1) is 0 Å². The fourth-order valence-electron chi connectivity index (χ4n) is 1.93.